The van der Waals surface area contributed by atoms with E-state index in [1.165, 1.54) is 5.57 Å². The summed E-state index contributed by atoms with van der Waals surface area (Å²) in [6.45, 7) is 0. The molecule has 4 nitrogen and oxygen atoms in total. The van der Waals surface area contributed by atoms with Crippen molar-refractivity contribution >= 4 is 23.2 Å². The van der Waals surface area contributed by atoms with E-state index in [0.29, 0.717) is 0 Å². The highest BCUT2D eigenvalue weighted by Crippen LogP contribution is 2.41. The molecule has 3 aromatic rings. The lowest BCUT2D eigenvalue weighted by atomic mass is 9.87. The molecule has 0 aliphatic heterocycles. The fourth-order valence-corrected chi connectivity index (χ4v) is 3.98. The SMILES string of the molecule is O=C(O)/C=C/c1ccc(C2=C(c3ccc(O)cc3)CCCc3cc(O)ccc32)cc1. The lowest BCUT2D eigenvalue weighted by Gasteiger charge is -2.17. The van der Waals surface area contributed by atoms with Crippen LogP contribution in [0.3, 0.4) is 0 Å². The van der Waals surface area contributed by atoms with Crippen molar-refractivity contribution in [2.45, 2.75) is 19.3 Å². The van der Waals surface area contributed by atoms with Crippen molar-refractivity contribution in [3.63, 3.8) is 0 Å². The zero-order chi connectivity index (χ0) is 21.1. The van der Waals surface area contributed by atoms with E-state index in [9.17, 15) is 15.0 Å². The fraction of sp³-hybridized carbons (Fsp3) is 0.115. The van der Waals surface area contributed by atoms with Gasteiger partial charge in [0.2, 0.25) is 0 Å². The van der Waals surface area contributed by atoms with E-state index in [-0.39, 0.29) is 11.5 Å². The van der Waals surface area contributed by atoms with Crippen LogP contribution >= 0.6 is 0 Å². The minimum atomic E-state index is -0.978. The summed E-state index contributed by atoms with van der Waals surface area (Å²) < 4.78 is 0. The van der Waals surface area contributed by atoms with Gasteiger partial charge < -0.3 is 15.3 Å². The number of aromatic hydroxyl groups is 2. The number of allylic oxidation sites excluding steroid dienone is 1. The Labute approximate surface area is 175 Å². The van der Waals surface area contributed by atoms with E-state index in [0.717, 1.165) is 58.7 Å². The van der Waals surface area contributed by atoms with Crippen molar-refractivity contribution in [2.75, 3.05) is 0 Å². The second-order valence-electron chi connectivity index (χ2n) is 7.39. The molecular weight excluding hydrogens is 376 g/mol. The van der Waals surface area contributed by atoms with E-state index in [1.807, 2.05) is 48.5 Å². The Balaban J connectivity index is 1.89. The quantitative estimate of drug-likeness (QED) is 0.508. The van der Waals surface area contributed by atoms with Crippen molar-refractivity contribution in [3.8, 4) is 11.5 Å². The van der Waals surface area contributed by atoms with Gasteiger partial charge in [0.25, 0.3) is 0 Å². The molecule has 0 heterocycles. The van der Waals surface area contributed by atoms with Gasteiger partial charge in [0.05, 0.1) is 0 Å². The van der Waals surface area contributed by atoms with Crippen LogP contribution in [0.4, 0.5) is 0 Å². The lowest BCUT2D eigenvalue weighted by Crippen LogP contribution is -1.96. The number of aryl methyl sites for hydroxylation is 1. The van der Waals surface area contributed by atoms with Gasteiger partial charge in [-0.1, -0.05) is 42.5 Å². The molecule has 0 amide bonds. The van der Waals surface area contributed by atoms with Gasteiger partial charge in [0, 0.05) is 6.08 Å². The van der Waals surface area contributed by atoms with Crippen LogP contribution in [0.5, 0.6) is 11.5 Å². The average Bonchev–Trinajstić information content (AvgIpc) is 2.92. The normalized spacial score (nSPS) is 13.9. The molecule has 0 radical (unpaired) electrons. The number of hydrogen-bond acceptors (Lipinski definition) is 3. The summed E-state index contributed by atoms with van der Waals surface area (Å²) >= 11 is 0. The standard InChI is InChI=1S/C26H22O4/c27-21-11-9-18(10-12-21)23-3-1-2-20-16-22(28)13-14-24(20)26(23)19-7-4-17(5-8-19)6-15-25(29)30/h4-16,27-28H,1-3H2,(H,29,30)/b15-6+. The van der Waals surface area contributed by atoms with Crippen LogP contribution in [-0.4, -0.2) is 21.3 Å². The number of rotatable bonds is 4. The van der Waals surface area contributed by atoms with Gasteiger partial charge in [0.15, 0.2) is 0 Å². The van der Waals surface area contributed by atoms with Gasteiger partial charge >= 0.3 is 5.97 Å². The van der Waals surface area contributed by atoms with E-state index in [1.54, 1.807) is 24.3 Å². The zero-order valence-corrected chi connectivity index (χ0v) is 16.4. The number of aliphatic carboxylic acids is 1. The Morgan fingerprint density at radius 1 is 0.800 bits per heavy atom. The second-order valence-corrected chi connectivity index (χ2v) is 7.39. The van der Waals surface area contributed by atoms with Crippen LogP contribution < -0.4 is 0 Å². The van der Waals surface area contributed by atoms with Crippen LogP contribution in [0.15, 0.2) is 72.8 Å². The summed E-state index contributed by atoms with van der Waals surface area (Å²) in [5, 5.41) is 28.5. The second kappa shape index (κ2) is 8.29. The van der Waals surface area contributed by atoms with Crippen LogP contribution in [-0.2, 0) is 11.2 Å². The number of hydrogen-bond donors (Lipinski definition) is 3. The van der Waals surface area contributed by atoms with Crippen molar-refractivity contribution in [3.05, 3.63) is 101 Å². The van der Waals surface area contributed by atoms with E-state index in [4.69, 9.17) is 5.11 Å². The van der Waals surface area contributed by atoms with Crippen LogP contribution in [0.1, 0.15) is 40.7 Å². The number of carboxylic acid groups (broad SMARTS) is 1. The van der Waals surface area contributed by atoms with Crippen molar-refractivity contribution in [1.29, 1.82) is 0 Å². The van der Waals surface area contributed by atoms with Gasteiger partial charge in [0.1, 0.15) is 11.5 Å². The maximum Gasteiger partial charge on any atom is 0.328 e. The van der Waals surface area contributed by atoms with Gasteiger partial charge in [-0.3, -0.25) is 0 Å². The zero-order valence-electron chi connectivity index (χ0n) is 16.4. The molecule has 0 unspecified atom stereocenters. The van der Waals surface area contributed by atoms with Gasteiger partial charge in [-0.15, -0.1) is 0 Å². The molecule has 0 fully saturated rings. The average molecular weight is 398 g/mol. The van der Waals surface area contributed by atoms with Crippen molar-refractivity contribution in [1.82, 2.24) is 0 Å². The van der Waals surface area contributed by atoms with E-state index < -0.39 is 5.97 Å². The third-order valence-corrected chi connectivity index (χ3v) is 5.37. The maximum atomic E-state index is 10.8. The summed E-state index contributed by atoms with van der Waals surface area (Å²) in [6, 6.07) is 20.6. The maximum absolute atomic E-state index is 10.8. The molecule has 30 heavy (non-hydrogen) atoms. The minimum absolute atomic E-state index is 0.231. The lowest BCUT2D eigenvalue weighted by molar-refractivity contribution is -0.131. The first kappa shape index (κ1) is 19.5. The Hall–Kier alpha value is -3.79. The summed E-state index contributed by atoms with van der Waals surface area (Å²) in [4.78, 5) is 10.8. The number of fused-ring (bicyclic) bond motifs is 1. The molecule has 0 aromatic heterocycles. The van der Waals surface area contributed by atoms with E-state index in [2.05, 4.69) is 0 Å². The molecule has 3 N–H and O–H groups in total. The third kappa shape index (κ3) is 4.13. The van der Waals surface area contributed by atoms with E-state index >= 15 is 0 Å². The number of carboxylic acids is 1. The van der Waals surface area contributed by atoms with Crippen LogP contribution in [0, 0.1) is 0 Å². The Bertz CT molecular complexity index is 1140. The molecule has 0 spiro atoms. The first-order chi connectivity index (χ1) is 14.5. The summed E-state index contributed by atoms with van der Waals surface area (Å²) in [5.74, 6) is -0.487. The third-order valence-electron chi connectivity index (χ3n) is 5.37. The minimum Gasteiger partial charge on any atom is -0.508 e. The van der Waals surface area contributed by atoms with Gasteiger partial charge in [-0.25, -0.2) is 4.79 Å². The first-order valence-corrected chi connectivity index (χ1v) is 9.87. The fourth-order valence-electron chi connectivity index (χ4n) is 3.98. The van der Waals surface area contributed by atoms with Crippen LogP contribution in [0.25, 0.3) is 17.2 Å². The highest BCUT2D eigenvalue weighted by atomic mass is 16.4. The monoisotopic (exact) mass is 398 g/mol. The number of benzene rings is 3. The molecule has 1 aliphatic carbocycles. The number of phenols is 2. The predicted molar refractivity (Wildman–Crippen MR) is 118 cm³/mol. The van der Waals surface area contributed by atoms with Gasteiger partial charge in [-0.2, -0.15) is 0 Å². The highest BCUT2D eigenvalue weighted by Gasteiger charge is 2.20. The molecule has 1 aliphatic rings. The topological polar surface area (TPSA) is 77.8 Å². The largest absolute Gasteiger partial charge is 0.508 e. The molecule has 150 valence electrons. The Kier molecular flexibility index (Phi) is 5.40. The number of phenolic OH excluding ortho intramolecular Hbond substituents is 2. The van der Waals surface area contributed by atoms with Crippen molar-refractivity contribution < 1.29 is 20.1 Å². The molecule has 0 bridgehead atoms. The summed E-state index contributed by atoms with van der Waals surface area (Å²) in [6.07, 6.45) is 5.39. The number of carbonyl (C=O) groups is 1. The highest BCUT2D eigenvalue weighted by molar-refractivity contribution is 6.00. The first-order valence-electron chi connectivity index (χ1n) is 9.87. The Morgan fingerprint density at radius 3 is 2.17 bits per heavy atom. The molecular formula is C26H22O4. The summed E-state index contributed by atoms with van der Waals surface area (Å²) in [7, 11) is 0. The Morgan fingerprint density at radius 2 is 1.47 bits per heavy atom. The smallest absolute Gasteiger partial charge is 0.328 e. The molecule has 4 rings (SSSR count). The van der Waals surface area contributed by atoms with Gasteiger partial charge in [-0.05, 0) is 88.6 Å². The molecule has 0 saturated heterocycles. The molecule has 4 heteroatoms. The van der Waals surface area contributed by atoms with Crippen LogP contribution in [0.2, 0.25) is 0 Å². The van der Waals surface area contributed by atoms with Crippen molar-refractivity contribution in [2.24, 2.45) is 0 Å². The summed E-state index contributed by atoms with van der Waals surface area (Å²) in [5.41, 5.74) is 7.37. The predicted octanol–water partition coefficient (Wildman–Crippen LogP) is 5.49. The molecule has 3 aromatic carbocycles. The molecule has 0 atom stereocenters. The molecule has 0 saturated carbocycles.